The van der Waals surface area contributed by atoms with Crippen LogP contribution in [0.4, 0.5) is 0 Å². The zero-order valence-corrected chi connectivity index (χ0v) is 7.97. The molecule has 1 aliphatic carbocycles. The molecule has 0 aromatic heterocycles. The van der Waals surface area contributed by atoms with Gasteiger partial charge in [0.15, 0.2) is 5.78 Å². The van der Waals surface area contributed by atoms with Crippen molar-refractivity contribution >= 4 is 17.4 Å². The molecule has 0 bridgehead atoms. The zero-order chi connectivity index (χ0) is 9.42. The van der Waals surface area contributed by atoms with Crippen LogP contribution in [0, 0.1) is 0 Å². The summed E-state index contributed by atoms with van der Waals surface area (Å²) >= 11 is 5.83. The van der Waals surface area contributed by atoms with E-state index in [9.17, 15) is 4.79 Å². The second-order valence-electron chi connectivity index (χ2n) is 3.06. The number of methoxy groups -OCH3 is 1. The summed E-state index contributed by atoms with van der Waals surface area (Å²) in [5, 5.41) is -0.387. The van der Waals surface area contributed by atoms with E-state index in [0.29, 0.717) is 6.42 Å². The first-order chi connectivity index (χ1) is 6.22. The monoisotopic (exact) mass is 196 g/mol. The number of carbonyl (C=O) groups excluding carboxylic acids is 1. The van der Waals surface area contributed by atoms with Crippen LogP contribution < -0.4 is 4.74 Å². The van der Waals surface area contributed by atoms with Crippen LogP contribution in [0.25, 0.3) is 0 Å². The molecule has 0 N–H and O–H groups in total. The van der Waals surface area contributed by atoms with Gasteiger partial charge in [-0.1, -0.05) is 0 Å². The lowest BCUT2D eigenvalue weighted by Crippen LogP contribution is -2.06. The molecule has 2 rings (SSSR count). The number of hydrogen-bond donors (Lipinski definition) is 0. The third kappa shape index (κ3) is 1.31. The number of alkyl halides is 1. The number of Topliss-reactive ketones (excluding diaryl/α,β-unsaturated/α-hetero) is 1. The summed E-state index contributed by atoms with van der Waals surface area (Å²) in [6.07, 6.45) is 0.618. The molecule has 13 heavy (non-hydrogen) atoms. The molecule has 0 spiro atoms. The summed E-state index contributed by atoms with van der Waals surface area (Å²) < 4.78 is 5.06. The number of halogens is 1. The lowest BCUT2D eigenvalue weighted by Gasteiger charge is -2.01. The van der Waals surface area contributed by atoms with E-state index in [1.807, 2.05) is 6.07 Å². The quantitative estimate of drug-likeness (QED) is 0.643. The molecule has 1 unspecified atom stereocenters. The molecule has 0 saturated heterocycles. The minimum Gasteiger partial charge on any atom is -0.497 e. The topological polar surface area (TPSA) is 26.3 Å². The maximum Gasteiger partial charge on any atom is 0.181 e. The lowest BCUT2D eigenvalue weighted by atomic mass is 10.1. The number of fused-ring (bicyclic) bond motifs is 1. The molecule has 0 saturated carbocycles. The van der Waals surface area contributed by atoms with E-state index in [1.54, 1.807) is 19.2 Å². The van der Waals surface area contributed by atoms with Gasteiger partial charge in [0.1, 0.15) is 11.1 Å². The van der Waals surface area contributed by atoms with Crippen molar-refractivity contribution in [2.24, 2.45) is 0 Å². The van der Waals surface area contributed by atoms with Gasteiger partial charge >= 0.3 is 0 Å². The highest BCUT2D eigenvalue weighted by atomic mass is 35.5. The van der Waals surface area contributed by atoms with Crippen molar-refractivity contribution in [3.8, 4) is 5.75 Å². The van der Waals surface area contributed by atoms with E-state index >= 15 is 0 Å². The largest absolute Gasteiger partial charge is 0.497 e. The predicted octanol–water partition coefficient (Wildman–Crippen LogP) is 2.04. The molecule has 2 nitrogen and oxygen atoms in total. The van der Waals surface area contributed by atoms with E-state index in [0.717, 1.165) is 16.9 Å². The summed E-state index contributed by atoms with van der Waals surface area (Å²) in [5.41, 5.74) is 1.73. The Hall–Kier alpha value is -1.02. The number of ketones is 1. The first kappa shape index (κ1) is 8.57. The summed E-state index contributed by atoms with van der Waals surface area (Å²) in [7, 11) is 1.61. The van der Waals surface area contributed by atoms with Gasteiger partial charge in [-0.3, -0.25) is 4.79 Å². The summed E-state index contributed by atoms with van der Waals surface area (Å²) in [6.45, 7) is 0. The van der Waals surface area contributed by atoms with Crippen molar-refractivity contribution in [1.82, 2.24) is 0 Å². The Morgan fingerprint density at radius 2 is 2.31 bits per heavy atom. The van der Waals surface area contributed by atoms with E-state index in [4.69, 9.17) is 16.3 Å². The SMILES string of the molecule is COc1ccc2c(c1)CC(Cl)C2=O. The standard InChI is InChI=1S/C10H9ClO2/c1-13-7-2-3-8-6(4-7)5-9(11)10(8)12/h2-4,9H,5H2,1H3. The van der Waals surface area contributed by atoms with E-state index in [-0.39, 0.29) is 11.2 Å². The first-order valence-corrected chi connectivity index (χ1v) is 4.51. The Bertz CT molecular complexity index is 360. The molecule has 0 radical (unpaired) electrons. The molecule has 3 heteroatoms. The van der Waals surface area contributed by atoms with Crippen molar-refractivity contribution in [2.45, 2.75) is 11.8 Å². The Balaban J connectivity index is 2.46. The second kappa shape index (κ2) is 3.04. The van der Waals surface area contributed by atoms with E-state index in [1.165, 1.54) is 0 Å². The molecular weight excluding hydrogens is 188 g/mol. The van der Waals surface area contributed by atoms with Crippen molar-refractivity contribution < 1.29 is 9.53 Å². The van der Waals surface area contributed by atoms with Gasteiger partial charge in [0, 0.05) is 5.56 Å². The van der Waals surface area contributed by atoms with Crippen molar-refractivity contribution in [3.05, 3.63) is 29.3 Å². The highest BCUT2D eigenvalue weighted by Gasteiger charge is 2.28. The molecule has 1 atom stereocenters. The van der Waals surface area contributed by atoms with E-state index < -0.39 is 0 Å². The molecule has 0 amide bonds. The van der Waals surface area contributed by atoms with Gasteiger partial charge in [0.2, 0.25) is 0 Å². The van der Waals surface area contributed by atoms with Gasteiger partial charge in [-0.15, -0.1) is 11.6 Å². The zero-order valence-electron chi connectivity index (χ0n) is 7.21. The first-order valence-electron chi connectivity index (χ1n) is 4.07. The van der Waals surface area contributed by atoms with Crippen LogP contribution in [-0.2, 0) is 6.42 Å². The average molecular weight is 197 g/mol. The van der Waals surface area contributed by atoms with Crippen LogP contribution >= 0.6 is 11.6 Å². The molecular formula is C10H9ClO2. The van der Waals surface area contributed by atoms with Crippen molar-refractivity contribution in [3.63, 3.8) is 0 Å². The molecule has 1 aliphatic rings. The maximum absolute atomic E-state index is 11.4. The van der Waals surface area contributed by atoms with Crippen LogP contribution in [0.1, 0.15) is 15.9 Å². The molecule has 68 valence electrons. The van der Waals surface area contributed by atoms with Gasteiger partial charge in [-0.25, -0.2) is 0 Å². The highest BCUT2D eigenvalue weighted by molar-refractivity contribution is 6.35. The molecule has 0 aliphatic heterocycles. The Morgan fingerprint density at radius 3 is 3.00 bits per heavy atom. The molecule has 0 heterocycles. The predicted molar refractivity (Wildman–Crippen MR) is 50.7 cm³/mol. The van der Waals surface area contributed by atoms with Crippen molar-refractivity contribution in [2.75, 3.05) is 7.11 Å². The normalized spacial score (nSPS) is 20.2. The van der Waals surface area contributed by atoms with E-state index in [2.05, 4.69) is 0 Å². The number of rotatable bonds is 1. The smallest absolute Gasteiger partial charge is 0.181 e. The average Bonchev–Trinajstić information content (AvgIpc) is 2.42. The van der Waals surface area contributed by atoms with Gasteiger partial charge in [-0.2, -0.15) is 0 Å². The fourth-order valence-electron chi connectivity index (χ4n) is 1.56. The van der Waals surface area contributed by atoms with Gasteiger partial charge < -0.3 is 4.74 Å². The number of carbonyl (C=O) groups is 1. The third-order valence-electron chi connectivity index (χ3n) is 2.26. The minimum atomic E-state index is -0.387. The third-order valence-corrected chi connectivity index (χ3v) is 2.61. The molecule has 0 fully saturated rings. The number of ether oxygens (including phenoxy) is 1. The van der Waals surface area contributed by atoms with Crippen LogP contribution in [0.5, 0.6) is 5.75 Å². The number of hydrogen-bond acceptors (Lipinski definition) is 2. The molecule has 1 aromatic carbocycles. The second-order valence-corrected chi connectivity index (χ2v) is 3.59. The lowest BCUT2D eigenvalue weighted by molar-refractivity contribution is 0.0998. The highest BCUT2D eigenvalue weighted by Crippen LogP contribution is 2.28. The van der Waals surface area contributed by atoms with Gasteiger partial charge in [-0.05, 0) is 30.2 Å². The Labute approximate surface area is 81.5 Å². The van der Waals surface area contributed by atoms with Crippen LogP contribution in [-0.4, -0.2) is 18.3 Å². The van der Waals surface area contributed by atoms with Crippen LogP contribution in [0.2, 0.25) is 0 Å². The Kier molecular flexibility index (Phi) is 2.00. The van der Waals surface area contributed by atoms with Gasteiger partial charge in [0.05, 0.1) is 7.11 Å². The van der Waals surface area contributed by atoms with Crippen molar-refractivity contribution in [1.29, 1.82) is 0 Å². The summed E-state index contributed by atoms with van der Waals surface area (Å²) in [5.74, 6) is 0.802. The Morgan fingerprint density at radius 1 is 1.54 bits per heavy atom. The van der Waals surface area contributed by atoms with Crippen LogP contribution in [0.15, 0.2) is 18.2 Å². The molecule has 1 aromatic rings. The summed E-state index contributed by atoms with van der Waals surface area (Å²) in [4.78, 5) is 11.4. The fraction of sp³-hybridized carbons (Fsp3) is 0.300. The summed E-state index contributed by atoms with van der Waals surface area (Å²) in [6, 6.07) is 5.43. The fourth-order valence-corrected chi connectivity index (χ4v) is 1.84. The van der Waals surface area contributed by atoms with Crippen LogP contribution in [0.3, 0.4) is 0 Å². The maximum atomic E-state index is 11.4. The minimum absolute atomic E-state index is 0.0271. The van der Waals surface area contributed by atoms with Gasteiger partial charge in [0.25, 0.3) is 0 Å². The number of benzene rings is 1.